The zero-order valence-corrected chi connectivity index (χ0v) is 12.2. The fraction of sp³-hybridized carbons (Fsp3) is 0.929. The molecule has 0 saturated carbocycles. The van der Waals surface area contributed by atoms with Crippen LogP contribution in [0.1, 0.15) is 52.9 Å². The Morgan fingerprint density at radius 2 is 2.17 bits per heavy atom. The summed E-state index contributed by atoms with van der Waals surface area (Å²) in [6.45, 7) is 7.84. The molecule has 1 N–H and O–H groups in total. The second-order valence-corrected chi connectivity index (χ2v) is 5.89. The molecule has 4 heteroatoms. The fourth-order valence-corrected chi connectivity index (χ4v) is 2.81. The van der Waals surface area contributed by atoms with Crippen molar-refractivity contribution in [3.63, 3.8) is 0 Å². The number of carboxylic acids is 1. The molecule has 1 saturated heterocycles. The van der Waals surface area contributed by atoms with E-state index in [-0.39, 0.29) is 5.60 Å². The van der Waals surface area contributed by atoms with Crippen molar-refractivity contribution in [1.29, 1.82) is 0 Å². The first kappa shape index (κ1) is 15.4. The largest absolute Gasteiger partial charge is 0.480 e. The van der Waals surface area contributed by atoms with Gasteiger partial charge in [0.2, 0.25) is 0 Å². The van der Waals surface area contributed by atoms with Crippen molar-refractivity contribution < 1.29 is 14.6 Å². The molecule has 1 heterocycles. The molecule has 1 aliphatic rings. The number of aliphatic carboxylic acids is 1. The fourth-order valence-electron chi connectivity index (χ4n) is 2.81. The predicted molar refractivity (Wildman–Crippen MR) is 71.8 cm³/mol. The van der Waals surface area contributed by atoms with Gasteiger partial charge in [0, 0.05) is 13.7 Å². The molecule has 0 bridgehead atoms. The zero-order valence-electron chi connectivity index (χ0n) is 12.2. The molecule has 1 rings (SSSR count). The monoisotopic (exact) mass is 257 g/mol. The molecule has 0 aromatic heterocycles. The van der Waals surface area contributed by atoms with Gasteiger partial charge in [0.25, 0.3) is 0 Å². The summed E-state index contributed by atoms with van der Waals surface area (Å²) in [5.41, 5.74) is -0.808. The molecule has 0 amide bonds. The lowest BCUT2D eigenvalue weighted by atomic mass is 9.90. The lowest BCUT2D eigenvalue weighted by molar-refractivity contribution is -0.150. The van der Waals surface area contributed by atoms with Crippen LogP contribution in [-0.2, 0) is 9.53 Å². The lowest BCUT2D eigenvalue weighted by Crippen LogP contribution is -2.51. The van der Waals surface area contributed by atoms with Crippen LogP contribution in [0.3, 0.4) is 0 Å². The highest BCUT2D eigenvalue weighted by Crippen LogP contribution is 2.34. The van der Waals surface area contributed by atoms with Gasteiger partial charge >= 0.3 is 5.97 Å². The van der Waals surface area contributed by atoms with Crippen molar-refractivity contribution >= 4 is 5.97 Å². The van der Waals surface area contributed by atoms with Gasteiger partial charge in [-0.3, -0.25) is 9.69 Å². The molecule has 4 nitrogen and oxygen atoms in total. The van der Waals surface area contributed by atoms with Gasteiger partial charge < -0.3 is 9.84 Å². The van der Waals surface area contributed by atoms with E-state index in [0.717, 1.165) is 45.2 Å². The number of rotatable bonds is 7. The summed E-state index contributed by atoms with van der Waals surface area (Å²) in [6, 6.07) is 0. The maximum atomic E-state index is 11.6. The van der Waals surface area contributed by atoms with E-state index in [1.165, 1.54) is 0 Å². The number of likely N-dealkylation sites (tertiary alicyclic amines) is 1. The van der Waals surface area contributed by atoms with E-state index in [1.54, 1.807) is 7.11 Å². The molecule has 0 aromatic rings. The molecule has 106 valence electrons. The molecule has 18 heavy (non-hydrogen) atoms. The van der Waals surface area contributed by atoms with Crippen molar-refractivity contribution in [3.8, 4) is 0 Å². The number of carbonyl (C=O) groups is 1. The van der Waals surface area contributed by atoms with Crippen molar-refractivity contribution in [3.05, 3.63) is 0 Å². The first-order chi connectivity index (χ1) is 8.38. The Hall–Kier alpha value is -0.610. The van der Waals surface area contributed by atoms with Gasteiger partial charge in [-0.1, -0.05) is 13.3 Å². The van der Waals surface area contributed by atoms with Crippen LogP contribution in [0.15, 0.2) is 0 Å². The van der Waals surface area contributed by atoms with Gasteiger partial charge in [-0.05, 0) is 46.1 Å². The number of carboxylic acid groups (broad SMARTS) is 1. The van der Waals surface area contributed by atoms with Gasteiger partial charge in [0.1, 0.15) is 5.54 Å². The van der Waals surface area contributed by atoms with Gasteiger partial charge in [0.05, 0.1) is 5.60 Å². The van der Waals surface area contributed by atoms with Crippen LogP contribution in [0.25, 0.3) is 0 Å². The Labute approximate surface area is 110 Å². The molecule has 0 spiro atoms. The maximum absolute atomic E-state index is 11.6. The summed E-state index contributed by atoms with van der Waals surface area (Å²) in [7, 11) is 1.71. The summed E-state index contributed by atoms with van der Waals surface area (Å²) < 4.78 is 5.41. The van der Waals surface area contributed by atoms with Crippen molar-refractivity contribution in [2.75, 3.05) is 20.2 Å². The Kier molecular flexibility index (Phi) is 5.17. The van der Waals surface area contributed by atoms with Crippen LogP contribution in [0, 0.1) is 0 Å². The summed E-state index contributed by atoms with van der Waals surface area (Å²) in [6.07, 6.45) is 4.29. The topological polar surface area (TPSA) is 49.8 Å². The summed E-state index contributed by atoms with van der Waals surface area (Å²) in [5.74, 6) is -0.655. The van der Waals surface area contributed by atoms with Gasteiger partial charge in [-0.15, -0.1) is 0 Å². The van der Waals surface area contributed by atoms with E-state index in [0.29, 0.717) is 0 Å². The minimum absolute atomic E-state index is 0.182. The quantitative estimate of drug-likeness (QED) is 0.761. The highest BCUT2D eigenvalue weighted by molar-refractivity contribution is 5.79. The third kappa shape index (κ3) is 3.23. The Balaban J connectivity index is 2.71. The second-order valence-electron chi connectivity index (χ2n) is 5.89. The molecule has 1 atom stereocenters. The standard InChI is InChI=1S/C14H27NO3/c1-5-7-14(12(16)17)8-6-10-15(14)11-9-13(2,3)18-4/h5-11H2,1-4H3,(H,16,17). The van der Waals surface area contributed by atoms with E-state index >= 15 is 0 Å². The number of methoxy groups -OCH3 is 1. The zero-order chi connectivity index (χ0) is 13.8. The smallest absolute Gasteiger partial charge is 0.324 e. The van der Waals surface area contributed by atoms with E-state index < -0.39 is 11.5 Å². The first-order valence-electron chi connectivity index (χ1n) is 6.91. The Morgan fingerprint density at radius 1 is 1.50 bits per heavy atom. The molecule has 1 aliphatic heterocycles. The minimum Gasteiger partial charge on any atom is -0.480 e. The van der Waals surface area contributed by atoms with E-state index in [4.69, 9.17) is 4.74 Å². The second kappa shape index (κ2) is 6.02. The van der Waals surface area contributed by atoms with Gasteiger partial charge in [-0.25, -0.2) is 0 Å². The van der Waals surface area contributed by atoms with Crippen LogP contribution in [0.4, 0.5) is 0 Å². The molecular weight excluding hydrogens is 230 g/mol. The maximum Gasteiger partial charge on any atom is 0.324 e. The van der Waals surface area contributed by atoms with E-state index in [1.807, 2.05) is 13.8 Å². The normalized spacial score (nSPS) is 25.6. The minimum atomic E-state index is -0.655. The number of hydrogen-bond donors (Lipinski definition) is 1. The number of nitrogens with zero attached hydrogens (tertiary/aromatic N) is 1. The molecular formula is C14H27NO3. The third-order valence-corrected chi connectivity index (χ3v) is 4.22. The Morgan fingerprint density at radius 3 is 2.67 bits per heavy atom. The summed E-state index contributed by atoms with van der Waals surface area (Å²) in [5, 5.41) is 9.58. The summed E-state index contributed by atoms with van der Waals surface area (Å²) >= 11 is 0. The van der Waals surface area contributed by atoms with Gasteiger partial charge in [0.15, 0.2) is 0 Å². The Bertz CT molecular complexity index is 291. The highest BCUT2D eigenvalue weighted by atomic mass is 16.5. The average molecular weight is 257 g/mol. The lowest BCUT2D eigenvalue weighted by Gasteiger charge is -2.36. The molecule has 0 aromatic carbocycles. The van der Waals surface area contributed by atoms with E-state index in [2.05, 4.69) is 11.8 Å². The number of hydrogen-bond acceptors (Lipinski definition) is 3. The van der Waals surface area contributed by atoms with Crippen molar-refractivity contribution in [2.45, 2.75) is 64.0 Å². The SMILES string of the molecule is CCCC1(C(=O)O)CCCN1CCC(C)(C)OC. The van der Waals surface area contributed by atoms with E-state index in [9.17, 15) is 9.90 Å². The van der Waals surface area contributed by atoms with Crippen LogP contribution >= 0.6 is 0 Å². The van der Waals surface area contributed by atoms with Crippen LogP contribution in [0.5, 0.6) is 0 Å². The van der Waals surface area contributed by atoms with Crippen LogP contribution in [-0.4, -0.2) is 47.3 Å². The molecule has 0 aliphatic carbocycles. The molecule has 1 unspecified atom stereocenters. The first-order valence-corrected chi connectivity index (χ1v) is 6.91. The predicted octanol–water partition coefficient (Wildman–Crippen LogP) is 2.52. The van der Waals surface area contributed by atoms with Crippen molar-refractivity contribution in [1.82, 2.24) is 4.90 Å². The van der Waals surface area contributed by atoms with Gasteiger partial charge in [-0.2, -0.15) is 0 Å². The van der Waals surface area contributed by atoms with Crippen LogP contribution in [0.2, 0.25) is 0 Å². The van der Waals surface area contributed by atoms with Crippen LogP contribution < -0.4 is 0 Å². The van der Waals surface area contributed by atoms with Crippen molar-refractivity contribution in [2.24, 2.45) is 0 Å². The highest BCUT2D eigenvalue weighted by Gasteiger charge is 2.46. The third-order valence-electron chi connectivity index (χ3n) is 4.22. The molecule has 1 fully saturated rings. The molecule has 0 radical (unpaired) electrons. The summed E-state index contributed by atoms with van der Waals surface area (Å²) in [4.78, 5) is 13.8. The number of ether oxygens (including phenoxy) is 1. The average Bonchev–Trinajstić information content (AvgIpc) is 2.71.